The molecule has 1 unspecified atom stereocenters. The number of halogens is 1. The summed E-state index contributed by atoms with van der Waals surface area (Å²) in [6, 6.07) is 4.12. The molecular formula is C22H28ClN6O8P. The van der Waals surface area contributed by atoms with E-state index in [2.05, 4.69) is 20.1 Å². The number of aryl methyl sites for hydroxylation is 1. The van der Waals surface area contributed by atoms with Crippen LogP contribution in [0.3, 0.4) is 0 Å². The first-order chi connectivity index (χ1) is 18.0. The van der Waals surface area contributed by atoms with Gasteiger partial charge in [-0.15, -0.1) is 0 Å². The summed E-state index contributed by atoms with van der Waals surface area (Å²) in [7, 11) is -3.07. The topological polar surface area (TPSA) is 187 Å². The second-order valence-electron chi connectivity index (χ2n) is 8.83. The van der Waals surface area contributed by atoms with Crippen molar-refractivity contribution in [1.82, 2.24) is 14.6 Å². The highest BCUT2D eigenvalue weighted by Crippen LogP contribution is 2.46. The maximum Gasteiger partial charge on any atom is 0.459 e. The van der Waals surface area contributed by atoms with Crippen molar-refractivity contribution in [3.05, 3.63) is 72.3 Å². The summed E-state index contributed by atoms with van der Waals surface area (Å²) < 4.78 is 37.1. The number of esters is 1. The van der Waals surface area contributed by atoms with E-state index in [0.29, 0.717) is 5.02 Å². The molecule has 1 fully saturated rings. The van der Waals surface area contributed by atoms with Gasteiger partial charge in [0.15, 0.2) is 0 Å². The third kappa shape index (κ3) is 7.25. The van der Waals surface area contributed by atoms with Crippen LogP contribution >= 0.6 is 19.3 Å². The summed E-state index contributed by atoms with van der Waals surface area (Å²) in [5.41, 5.74) is 8.08. The summed E-state index contributed by atoms with van der Waals surface area (Å²) >= 11 is 5.92. The van der Waals surface area contributed by atoms with Gasteiger partial charge in [-0.05, 0) is 42.6 Å². The molecule has 0 spiro atoms. The number of carbonyl (C=O) groups excluding carboxylic acids is 1. The predicted molar refractivity (Wildman–Crippen MR) is 137 cm³/mol. The van der Waals surface area contributed by atoms with Crippen LogP contribution in [0.4, 0.5) is 0 Å². The number of nitrogens with zero attached hydrogens (tertiary/aromatic N) is 4. The van der Waals surface area contributed by atoms with Crippen molar-refractivity contribution < 1.29 is 27.9 Å². The predicted octanol–water partition coefficient (Wildman–Crippen LogP) is 3.46. The van der Waals surface area contributed by atoms with Crippen LogP contribution in [0.25, 0.3) is 10.4 Å². The number of hydrogen-bond donors (Lipinski definition) is 2. The zero-order chi connectivity index (χ0) is 28.0. The van der Waals surface area contributed by atoms with Crippen molar-refractivity contribution in [1.29, 1.82) is 0 Å². The van der Waals surface area contributed by atoms with E-state index in [9.17, 15) is 18.9 Å². The van der Waals surface area contributed by atoms with Gasteiger partial charge in [0, 0.05) is 28.1 Å². The number of aromatic nitrogens is 2. The molecular weight excluding hydrogens is 543 g/mol. The summed E-state index contributed by atoms with van der Waals surface area (Å²) in [6.45, 7) is 4.56. The van der Waals surface area contributed by atoms with Gasteiger partial charge in [0.25, 0.3) is 5.56 Å². The molecule has 206 valence electrons. The van der Waals surface area contributed by atoms with E-state index in [0.717, 1.165) is 0 Å². The smallest absolute Gasteiger partial charge is 0.459 e. The summed E-state index contributed by atoms with van der Waals surface area (Å²) in [5, 5.41) is 6.78. The molecule has 0 radical (unpaired) electrons. The van der Waals surface area contributed by atoms with Crippen molar-refractivity contribution in [2.45, 2.75) is 51.6 Å². The van der Waals surface area contributed by atoms with Crippen molar-refractivity contribution in [2.24, 2.45) is 11.0 Å². The molecule has 1 aromatic carbocycles. The van der Waals surface area contributed by atoms with Crippen LogP contribution < -0.4 is 20.9 Å². The molecule has 0 saturated carbocycles. The quantitative estimate of drug-likeness (QED) is 0.134. The lowest BCUT2D eigenvalue weighted by molar-refractivity contribution is -0.143. The summed E-state index contributed by atoms with van der Waals surface area (Å²) in [5.74, 6) is -0.892. The third-order valence-electron chi connectivity index (χ3n) is 5.73. The van der Waals surface area contributed by atoms with E-state index in [1.807, 2.05) is 0 Å². The van der Waals surface area contributed by atoms with Gasteiger partial charge in [0.05, 0.1) is 25.9 Å². The molecule has 1 aliphatic rings. The van der Waals surface area contributed by atoms with Crippen LogP contribution in [0.2, 0.25) is 5.02 Å². The minimum Gasteiger partial charge on any atom is -0.468 e. The molecule has 1 saturated heterocycles. The Hall–Kier alpha value is -3.12. The van der Waals surface area contributed by atoms with Crippen LogP contribution in [-0.4, -0.2) is 47.4 Å². The van der Waals surface area contributed by atoms with Gasteiger partial charge in [-0.2, -0.15) is 5.09 Å². The van der Waals surface area contributed by atoms with E-state index in [4.69, 9.17) is 35.7 Å². The van der Waals surface area contributed by atoms with E-state index in [1.165, 1.54) is 49.1 Å². The highest BCUT2D eigenvalue weighted by molar-refractivity contribution is 7.52. The molecule has 16 heteroatoms. The van der Waals surface area contributed by atoms with Crippen molar-refractivity contribution >= 4 is 25.3 Å². The Morgan fingerprint density at radius 2 is 2.05 bits per heavy atom. The first-order valence-corrected chi connectivity index (χ1v) is 13.5. The number of H-pyrrole nitrogens is 1. The number of hydrogen-bond acceptors (Lipinski definition) is 9. The van der Waals surface area contributed by atoms with Gasteiger partial charge in [-0.25, -0.2) is 9.36 Å². The first-order valence-electron chi connectivity index (χ1n) is 11.5. The fourth-order valence-corrected chi connectivity index (χ4v) is 5.48. The molecule has 0 amide bonds. The maximum atomic E-state index is 13.9. The number of methoxy groups -OCH3 is 1. The van der Waals surface area contributed by atoms with Crippen LogP contribution in [0.1, 0.15) is 32.1 Å². The monoisotopic (exact) mass is 570 g/mol. The Bertz CT molecular complexity index is 1360. The minimum atomic E-state index is -4.27. The summed E-state index contributed by atoms with van der Waals surface area (Å²) in [6.07, 6.45) is -0.433. The largest absolute Gasteiger partial charge is 0.468 e. The maximum absolute atomic E-state index is 13.9. The van der Waals surface area contributed by atoms with E-state index in [1.54, 1.807) is 13.8 Å². The van der Waals surface area contributed by atoms with Gasteiger partial charge in [0.1, 0.15) is 18.0 Å². The zero-order valence-electron chi connectivity index (χ0n) is 21.1. The number of carbonyl (C=O) groups is 1. The van der Waals surface area contributed by atoms with E-state index in [-0.39, 0.29) is 23.7 Å². The van der Waals surface area contributed by atoms with Crippen molar-refractivity contribution in [3.8, 4) is 5.75 Å². The van der Waals surface area contributed by atoms with E-state index < -0.39 is 56.0 Å². The molecule has 1 aromatic heterocycles. The number of aromatic amines is 1. The van der Waals surface area contributed by atoms with Crippen LogP contribution in [-0.2, 0) is 23.4 Å². The number of ether oxygens (including phenoxy) is 2. The molecule has 38 heavy (non-hydrogen) atoms. The van der Waals surface area contributed by atoms with Crippen LogP contribution in [0, 0.1) is 12.8 Å². The van der Waals surface area contributed by atoms with E-state index >= 15 is 0 Å². The second-order valence-corrected chi connectivity index (χ2v) is 11.0. The van der Waals surface area contributed by atoms with Crippen LogP contribution in [0.5, 0.6) is 5.75 Å². The number of benzene rings is 1. The van der Waals surface area contributed by atoms with Gasteiger partial charge in [0.2, 0.25) is 0 Å². The number of azide groups is 1. The molecule has 3 rings (SSSR count). The lowest BCUT2D eigenvalue weighted by atomic mass is 10.1. The molecule has 2 heterocycles. The Labute approximate surface area is 222 Å². The van der Waals surface area contributed by atoms with Crippen molar-refractivity contribution in [2.75, 3.05) is 13.7 Å². The fourth-order valence-electron chi connectivity index (χ4n) is 3.69. The lowest BCUT2D eigenvalue weighted by Crippen LogP contribution is -2.41. The number of nitrogens with one attached hydrogen (secondary N) is 2. The van der Waals surface area contributed by atoms with Gasteiger partial charge in [-0.3, -0.25) is 23.7 Å². The van der Waals surface area contributed by atoms with Crippen LogP contribution in [0.15, 0.2) is 45.2 Å². The molecule has 0 bridgehead atoms. The average Bonchev–Trinajstić information content (AvgIpc) is 3.27. The summed E-state index contributed by atoms with van der Waals surface area (Å²) in [4.78, 5) is 41.4. The van der Waals surface area contributed by atoms with Crippen molar-refractivity contribution in [3.63, 3.8) is 0 Å². The molecule has 14 nitrogen and oxygen atoms in total. The lowest BCUT2D eigenvalue weighted by Gasteiger charge is -2.27. The Morgan fingerprint density at radius 3 is 2.66 bits per heavy atom. The normalized spacial score (nSPS) is 21.4. The number of rotatable bonds is 11. The van der Waals surface area contributed by atoms with Gasteiger partial charge >= 0.3 is 19.4 Å². The third-order valence-corrected chi connectivity index (χ3v) is 7.51. The van der Waals surface area contributed by atoms with Gasteiger partial charge < -0.3 is 14.0 Å². The molecule has 2 aromatic rings. The zero-order valence-corrected chi connectivity index (χ0v) is 22.7. The molecule has 0 aliphatic carbocycles. The Balaban J connectivity index is 1.86. The molecule has 2 N–H and O–H groups in total. The minimum absolute atomic E-state index is 0.0794. The fraction of sp³-hybridized carbons (Fsp3) is 0.500. The Morgan fingerprint density at radius 1 is 1.37 bits per heavy atom. The molecule has 1 aliphatic heterocycles. The van der Waals surface area contributed by atoms with Gasteiger partial charge in [-0.1, -0.05) is 30.6 Å². The highest BCUT2D eigenvalue weighted by atomic mass is 35.5. The first kappa shape index (κ1) is 29.4. The Kier molecular flexibility index (Phi) is 9.77. The average molecular weight is 571 g/mol. The SMILES string of the molecule is COC(=O)[C@@H](NP(=O)(OC[C@H]1O[C@@H](n2cc(C)c(=O)[nH]c2=O)C[C@@H]1N=[N+]=[N-])Oc1ccc(Cl)cc1)C(C)C. The molecule has 5 atom stereocenters. The standard InChI is InChI=1S/C22H28ClN6O8P/c1-12(2)19(21(31)34-4)27-38(33,37-15-7-5-14(23)6-8-15)35-11-17-16(26-28-24)9-18(36-17)29-10-13(3)20(30)25-22(29)32/h5-8,10,12,16-19H,9,11H2,1-4H3,(H,27,33)(H,25,30,32)/t16-,17+,18+,19-,38?/m0/s1. The second kappa shape index (κ2) is 12.6. The highest BCUT2D eigenvalue weighted by Gasteiger charge is 2.41.